The molecule has 0 aromatic rings. The van der Waals surface area contributed by atoms with Crippen LogP contribution < -0.4 is 0 Å². The normalized spacial score (nSPS) is 25.7. The zero-order chi connectivity index (χ0) is 10.4. The quantitative estimate of drug-likeness (QED) is 0.606. The Morgan fingerprint density at radius 2 is 2.07 bits per heavy atom. The van der Waals surface area contributed by atoms with Crippen molar-refractivity contribution in [3.05, 3.63) is 0 Å². The van der Waals surface area contributed by atoms with E-state index in [1.165, 1.54) is 25.7 Å². The van der Waals surface area contributed by atoms with Gasteiger partial charge in [0, 0.05) is 12.6 Å². The SMILES string of the molecule is CCCCC1CC1N(C)CCCCO. The third kappa shape index (κ3) is 3.97. The van der Waals surface area contributed by atoms with Crippen LogP contribution in [0.3, 0.4) is 0 Å². The molecule has 1 saturated carbocycles. The number of aliphatic hydroxyl groups excluding tert-OH is 1. The lowest BCUT2D eigenvalue weighted by Crippen LogP contribution is -2.23. The Hall–Kier alpha value is -0.0800. The molecule has 0 amide bonds. The van der Waals surface area contributed by atoms with Crippen molar-refractivity contribution < 1.29 is 5.11 Å². The zero-order valence-electron chi connectivity index (χ0n) is 9.71. The van der Waals surface area contributed by atoms with Crippen LogP contribution in [0.25, 0.3) is 0 Å². The molecule has 14 heavy (non-hydrogen) atoms. The molecule has 1 N–H and O–H groups in total. The average molecular weight is 199 g/mol. The molecule has 0 heterocycles. The monoisotopic (exact) mass is 199 g/mol. The van der Waals surface area contributed by atoms with Gasteiger partial charge in [-0.25, -0.2) is 0 Å². The third-order valence-corrected chi connectivity index (χ3v) is 3.30. The lowest BCUT2D eigenvalue weighted by atomic mass is 10.2. The summed E-state index contributed by atoms with van der Waals surface area (Å²) in [6.45, 7) is 3.77. The van der Waals surface area contributed by atoms with Crippen LogP contribution in [-0.4, -0.2) is 36.2 Å². The van der Waals surface area contributed by atoms with E-state index in [0.717, 1.165) is 31.3 Å². The molecule has 2 unspecified atom stereocenters. The second kappa shape index (κ2) is 6.41. The van der Waals surface area contributed by atoms with Crippen molar-refractivity contribution in [1.29, 1.82) is 0 Å². The van der Waals surface area contributed by atoms with E-state index < -0.39 is 0 Å². The maximum Gasteiger partial charge on any atom is 0.0431 e. The summed E-state index contributed by atoms with van der Waals surface area (Å²) in [7, 11) is 2.23. The Labute approximate surface area is 88.3 Å². The standard InChI is InChI=1S/C12H25NO/c1-3-4-7-11-10-12(11)13(2)8-5-6-9-14/h11-12,14H,3-10H2,1-2H3. The fourth-order valence-electron chi connectivity index (χ4n) is 2.19. The van der Waals surface area contributed by atoms with Gasteiger partial charge in [-0.1, -0.05) is 19.8 Å². The van der Waals surface area contributed by atoms with E-state index in [9.17, 15) is 0 Å². The van der Waals surface area contributed by atoms with Crippen molar-refractivity contribution in [2.75, 3.05) is 20.2 Å². The van der Waals surface area contributed by atoms with E-state index in [1.807, 2.05) is 0 Å². The van der Waals surface area contributed by atoms with E-state index in [-0.39, 0.29) is 0 Å². The van der Waals surface area contributed by atoms with Crippen LogP contribution in [0.1, 0.15) is 45.4 Å². The van der Waals surface area contributed by atoms with E-state index >= 15 is 0 Å². The largest absolute Gasteiger partial charge is 0.396 e. The fourth-order valence-corrected chi connectivity index (χ4v) is 2.19. The van der Waals surface area contributed by atoms with Crippen LogP contribution in [0.4, 0.5) is 0 Å². The Balaban J connectivity index is 2.00. The minimum absolute atomic E-state index is 0.345. The maximum absolute atomic E-state index is 8.68. The van der Waals surface area contributed by atoms with Crippen molar-refractivity contribution in [3.8, 4) is 0 Å². The number of rotatable bonds is 8. The summed E-state index contributed by atoms with van der Waals surface area (Å²) in [6.07, 6.45) is 7.66. The highest BCUT2D eigenvalue weighted by molar-refractivity contribution is 4.93. The Morgan fingerprint density at radius 3 is 2.71 bits per heavy atom. The summed E-state index contributed by atoms with van der Waals surface area (Å²) in [5, 5.41) is 8.68. The van der Waals surface area contributed by atoms with Crippen LogP contribution in [0, 0.1) is 5.92 Å². The first-order valence-electron chi connectivity index (χ1n) is 6.10. The van der Waals surface area contributed by atoms with Gasteiger partial charge in [0.05, 0.1) is 0 Å². The van der Waals surface area contributed by atoms with Crippen molar-refractivity contribution in [2.45, 2.75) is 51.5 Å². The Bertz CT molecular complexity index is 149. The molecule has 0 spiro atoms. The summed E-state index contributed by atoms with van der Waals surface area (Å²) < 4.78 is 0. The van der Waals surface area contributed by atoms with Gasteiger partial charge in [0.15, 0.2) is 0 Å². The molecule has 0 aromatic carbocycles. The average Bonchev–Trinajstić information content (AvgIpc) is 2.94. The molecule has 1 aliphatic carbocycles. The molecule has 1 fully saturated rings. The molecule has 0 aromatic heterocycles. The van der Waals surface area contributed by atoms with Gasteiger partial charge in [-0.15, -0.1) is 0 Å². The first-order valence-corrected chi connectivity index (χ1v) is 6.10. The van der Waals surface area contributed by atoms with Crippen molar-refractivity contribution >= 4 is 0 Å². The summed E-state index contributed by atoms with van der Waals surface area (Å²) in [5.74, 6) is 0.981. The zero-order valence-corrected chi connectivity index (χ0v) is 9.71. The number of unbranched alkanes of at least 4 members (excludes halogenated alkanes) is 2. The van der Waals surface area contributed by atoms with Gasteiger partial charge in [0.25, 0.3) is 0 Å². The molecule has 2 atom stereocenters. The minimum Gasteiger partial charge on any atom is -0.396 e. The van der Waals surface area contributed by atoms with Crippen LogP contribution in [0.5, 0.6) is 0 Å². The van der Waals surface area contributed by atoms with Crippen molar-refractivity contribution in [3.63, 3.8) is 0 Å². The molecule has 2 heteroatoms. The molecular weight excluding hydrogens is 174 g/mol. The molecular formula is C12H25NO. The summed E-state index contributed by atoms with van der Waals surface area (Å²) in [5.41, 5.74) is 0. The first kappa shape index (κ1) is 12.0. The van der Waals surface area contributed by atoms with Gasteiger partial charge in [-0.05, 0) is 45.2 Å². The highest BCUT2D eigenvalue weighted by atomic mass is 16.2. The Morgan fingerprint density at radius 1 is 1.29 bits per heavy atom. The topological polar surface area (TPSA) is 23.5 Å². The molecule has 0 aliphatic heterocycles. The lowest BCUT2D eigenvalue weighted by molar-refractivity contribution is 0.255. The van der Waals surface area contributed by atoms with Crippen molar-refractivity contribution in [2.24, 2.45) is 5.92 Å². The van der Waals surface area contributed by atoms with E-state index in [4.69, 9.17) is 5.11 Å². The molecule has 0 saturated heterocycles. The molecule has 2 nitrogen and oxygen atoms in total. The van der Waals surface area contributed by atoms with E-state index in [2.05, 4.69) is 18.9 Å². The summed E-state index contributed by atoms with van der Waals surface area (Å²) in [4.78, 5) is 2.48. The van der Waals surface area contributed by atoms with Crippen LogP contribution in [-0.2, 0) is 0 Å². The number of nitrogens with zero attached hydrogens (tertiary/aromatic N) is 1. The second-order valence-electron chi connectivity index (χ2n) is 4.62. The molecule has 1 aliphatic rings. The molecule has 1 rings (SSSR count). The molecule has 0 radical (unpaired) electrons. The van der Waals surface area contributed by atoms with Gasteiger partial charge < -0.3 is 10.0 Å². The van der Waals surface area contributed by atoms with Gasteiger partial charge in [-0.2, -0.15) is 0 Å². The first-order chi connectivity index (χ1) is 6.79. The predicted molar refractivity (Wildman–Crippen MR) is 60.4 cm³/mol. The van der Waals surface area contributed by atoms with Crippen LogP contribution >= 0.6 is 0 Å². The van der Waals surface area contributed by atoms with Crippen LogP contribution in [0.15, 0.2) is 0 Å². The lowest BCUT2D eigenvalue weighted by Gasteiger charge is -2.16. The van der Waals surface area contributed by atoms with Gasteiger partial charge in [-0.3, -0.25) is 0 Å². The predicted octanol–water partition coefficient (Wildman–Crippen LogP) is 2.27. The van der Waals surface area contributed by atoms with Gasteiger partial charge >= 0.3 is 0 Å². The van der Waals surface area contributed by atoms with Gasteiger partial charge in [0.2, 0.25) is 0 Å². The smallest absolute Gasteiger partial charge is 0.0431 e. The van der Waals surface area contributed by atoms with Crippen LogP contribution in [0.2, 0.25) is 0 Å². The maximum atomic E-state index is 8.68. The number of hydrogen-bond donors (Lipinski definition) is 1. The van der Waals surface area contributed by atoms with E-state index in [1.54, 1.807) is 0 Å². The number of hydrogen-bond acceptors (Lipinski definition) is 2. The molecule has 0 bridgehead atoms. The molecule has 84 valence electrons. The summed E-state index contributed by atoms with van der Waals surface area (Å²) >= 11 is 0. The van der Waals surface area contributed by atoms with Gasteiger partial charge in [0.1, 0.15) is 0 Å². The fraction of sp³-hybridized carbons (Fsp3) is 1.00. The third-order valence-electron chi connectivity index (χ3n) is 3.30. The second-order valence-corrected chi connectivity index (χ2v) is 4.62. The summed E-state index contributed by atoms with van der Waals surface area (Å²) in [6, 6.07) is 0.861. The number of aliphatic hydroxyl groups is 1. The Kier molecular flexibility index (Phi) is 5.49. The van der Waals surface area contributed by atoms with E-state index in [0.29, 0.717) is 6.61 Å². The highest BCUT2D eigenvalue weighted by Crippen LogP contribution is 2.38. The highest BCUT2D eigenvalue weighted by Gasteiger charge is 2.38. The van der Waals surface area contributed by atoms with Crippen molar-refractivity contribution in [1.82, 2.24) is 4.90 Å². The minimum atomic E-state index is 0.345.